The molecule has 0 unspecified atom stereocenters. The minimum Gasteiger partial charge on any atom is -0.455 e. The highest BCUT2D eigenvalue weighted by Gasteiger charge is 2.31. The Balaban J connectivity index is 1.78. The Kier molecular flexibility index (Phi) is 5.69. The molecule has 1 saturated heterocycles. The number of rotatable bonds is 6. The third-order valence-electron chi connectivity index (χ3n) is 4.46. The highest BCUT2D eigenvalue weighted by Crippen LogP contribution is 2.27. The molecule has 2 aromatic rings. The molecule has 1 aliphatic heterocycles. The van der Waals surface area contributed by atoms with Gasteiger partial charge in [0.15, 0.2) is 5.76 Å². The molecule has 0 aliphatic carbocycles. The van der Waals surface area contributed by atoms with Crippen LogP contribution < -0.4 is 5.32 Å². The number of hydrogen-bond acceptors (Lipinski definition) is 5. The standard InChI is InChI=1S/C19H25N3O4S/c1-14-18(27(24,25)22-9-4-5-10-22)12-17(26-14)19(23)20-16-8-6-7-15(11-16)13-21(2)3/h6-8,11-12H,4-5,9-10,13H2,1-3H3,(H,20,23). The fourth-order valence-corrected chi connectivity index (χ4v) is 4.88. The van der Waals surface area contributed by atoms with Crippen molar-refractivity contribution < 1.29 is 17.6 Å². The van der Waals surface area contributed by atoms with Crippen LogP contribution in [0.2, 0.25) is 0 Å². The third kappa shape index (κ3) is 4.40. The second-order valence-electron chi connectivity index (χ2n) is 7.03. The van der Waals surface area contributed by atoms with Crippen molar-refractivity contribution >= 4 is 21.6 Å². The van der Waals surface area contributed by atoms with Crippen molar-refractivity contribution in [1.29, 1.82) is 0 Å². The summed E-state index contributed by atoms with van der Waals surface area (Å²) in [6.07, 6.45) is 1.71. The zero-order chi connectivity index (χ0) is 19.6. The van der Waals surface area contributed by atoms with Gasteiger partial charge in [-0.1, -0.05) is 12.1 Å². The number of nitrogens with zero attached hydrogens (tertiary/aromatic N) is 2. The van der Waals surface area contributed by atoms with Crippen LogP contribution in [0.1, 0.15) is 34.7 Å². The average Bonchev–Trinajstić information content (AvgIpc) is 3.24. The predicted molar refractivity (Wildman–Crippen MR) is 103 cm³/mol. The second-order valence-corrected chi connectivity index (χ2v) is 8.94. The van der Waals surface area contributed by atoms with Crippen molar-refractivity contribution in [2.45, 2.75) is 31.2 Å². The number of hydrogen-bond donors (Lipinski definition) is 1. The van der Waals surface area contributed by atoms with Gasteiger partial charge in [0.25, 0.3) is 5.91 Å². The summed E-state index contributed by atoms with van der Waals surface area (Å²) in [6.45, 7) is 3.33. The quantitative estimate of drug-likeness (QED) is 0.819. The van der Waals surface area contributed by atoms with Gasteiger partial charge < -0.3 is 14.6 Å². The molecule has 0 spiro atoms. The molecule has 1 aliphatic rings. The van der Waals surface area contributed by atoms with E-state index in [1.54, 1.807) is 13.0 Å². The van der Waals surface area contributed by atoms with Gasteiger partial charge in [0.2, 0.25) is 10.0 Å². The molecule has 0 bridgehead atoms. The van der Waals surface area contributed by atoms with E-state index in [2.05, 4.69) is 5.32 Å². The summed E-state index contributed by atoms with van der Waals surface area (Å²) in [7, 11) is 0.322. The summed E-state index contributed by atoms with van der Waals surface area (Å²) in [5, 5.41) is 2.77. The maximum absolute atomic E-state index is 12.7. The largest absolute Gasteiger partial charge is 0.455 e. The van der Waals surface area contributed by atoms with Gasteiger partial charge in [-0.3, -0.25) is 4.79 Å². The lowest BCUT2D eigenvalue weighted by Crippen LogP contribution is -2.28. The fourth-order valence-electron chi connectivity index (χ4n) is 3.21. The molecule has 27 heavy (non-hydrogen) atoms. The van der Waals surface area contributed by atoms with Gasteiger partial charge in [0.1, 0.15) is 10.7 Å². The molecule has 1 aromatic heterocycles. The molecule has 2 heterocycles. The van der Waals surface area contributed by atoms with Gasteiger partial charge in [-0.15, -0.1) is 0 Å². The smallest absolute Gasteiger partial charge is 0.291 e. The SMILES string of the molecule is Cc1oc(C(=O)Nc2cccc(CN(C)C)c2)cc1S(=O)(=O)N1CCCC1. The highest BCUT2D eigenvalue weighted by atomic mass is 32.2. The lowest BCUT2D eigenvalue weighted by atomic mass is 10.2. The van der Waals surface area contributed by atoms with E-state index in [9.17, 15) is 13.2 Å². The van der Waals surface area contributed by atoms with Gasteiger partial charge in [-0.05, 0) is 51.6 Å². The number of carbonyl (C=O) groups excluding carboxylic acids is 1. The minimum absolute atomic E-state index is 0.0108. The molecular formula is C19H25N3O4S. The Hall–Kier alpha value is -2.16. The van der Waals surface area contributed by atoms with Crippen LogP contribution in [-0.4, -0.2) is 50.7 Å². The van der Waals surface area contributed by atoms with Gasteiger partial charge in [-0.25, -0.2) is 8.42 Å². The molecule has 1 N–H and O–H groups in total. The third-order valence-corrected chi connectivity index (χ3v) is 6.47. The number of sulfonamides is 1. The Morgan fingerprint density at radius 2 is 1.93 bits per heavy atom. The maximum atomic E-state index is 12.7. The van der Waals surface area contributed by atoms with Gasteiger partial charge in [0.05, 0.1) is 0 Å². The average molecular weight is 391 g/mol. The van der Waals surface area contributed by atoms with Crippen molar-refractivity contribution in [2.24, 2.45) is 0 Å². The molecule has 146 valence electrons. The molecule has 1 amide bonds. The first kappa shape index (κ1) is 19.6. The van der Waals surface area contributed by atoms with Crippen molar-refractivity contribution in [1.82, 2.24) is 9.21 Å². The molecule has 1 aromatic carbocycles. The summed E-state index contributed by atoms with van der Waals surface area (Å²) in [5.74, 6) is -0.250. The van der Waals surface area contributed by atoms with Crippen molar-refractivity contribution in [2.75, 3.05) is 32.5 Å². The molecule has 0 atom stereocenters. The van der Waals surface area contributed by atoms with Crippen molar-refractivity contribution in [3.63, 3.8) is 0 Å². The Morgan fingerprint density at radius 1 is 1.22 bits per heavy atom. The van der Waals surface area contributed by atoms with Crippen LogP contribution in [0, 0.1) is 6.92 Å². The monoisotopic (exact) mass is 391 g/mol. The van der Waals surface area contributed by atoms with Gasteiger partial charge in [0, 0.05) is 31.4 Å². The Labute approximate surface area is 160 Å². The second kappa shape index (κ2) is 7.84. The highest BCUT2D eigenvalue weighted by molar-refractivity contribution is 7.89. The number of furan rings is 1. The molecule has 7 nitrogen and oxygen atoms in total. The minimum atomic E-state index is -3.62. The summed E-state index contributed by atoms with van der Waals surface area (Å²) < 4.78 is 32.4. The molecule has 0 radical (unpaired) electrons. The van der Waals surface area contributed by atoms with E-state index in [-0.39, 0.29) is 16.4 Å². The maximum Gasteiger partial charge on any atom is 0.291 e. The number of aryl methyl sites for hydroxylation is 1. The Morgan fingerprint density at radius 3 is 2.59 bits per heavy atom. The van der Waals surface area contributed by atoms with Crippen LogP contribution >= 0.6 is 0 Å². The van der Waals surface area contributed by atoms with Crippen LogP contribution in [0.15, 0.2) is 39.6 Å². The number of benzene rings is 1. The number of carbonyl (C=O) groups is 1. The fraction of sp³-hybridized carbons (Fsp3) is 0.421. The molecule has 8 heteroatoms. The lowest BCUT2D eigenvalue weighted by molar-refractivity contribution is 0.0995. The van der Waals surface area contributed by atoms with Crippen molar-refractivity contribution in [3.8, 4) is 0 Å². The first-order valence-electron chi connectivity index (χ1n) is 8.93. The summed E-state index contributed by atoms with van der Waals surface area (Å²) in [6, 6.07) is 8.84. The van der Waals surface area contributed by atoms with Crippen LogP contribution in [0.25, 0.3) is 0 Å². The van der Waals surface area contributed by atoms with E-state index in [1.807, 2.05) is 37.2 Å². The van der Waals surface area contributed by atoms with E-state index in [0.717, 1.165) is 24.9 Å². The van der Waals surface area contributed by atoms with Gasteiger partial charge >= 0.3 is 0 Å². The first-order chi connectivity index (χ1) is 12.8. The van der Waals surface area contributed by atoms with Crippen molar-refractivity contribution in [3.05, 3.63) is 47.4 Å². The molecule has 0 saturated carbocycles. The van der Waals surface area contributed by atoms with E-state index in [0.29, 0.717) is 18.8 Å². The molecular weight excluding hydrogens is 366 g/mol. The van der Waals surface area contributed by atoms with Crippen LogP contribution in [0.4, 0.5) is 5.69 Å². The molecule has 3 rings (SSSR count). The van der Waals surface area contributed by atoms with Gasteiger partial charge in [-0.2, -0.15) is 4.31 Å². The molecule has 1 fully saturated rings. The van der Waals surface area contributed by atoms with Crippen LogP contribution in [0.3, 0.4) is 0 Å². The summed E-state index contributed by atoms with van der Waals surface area (Å²) in [5.41, 5.74) is 1.70. The summed E-state index contributed by atoms with van der Waals surface area (Å²) >= 11 is 0. The normalized spacial score (nSPS) is 15.4. The summed E-state index contributed by atoms with van der Waals surface area (Å²) in [4.78, 5) is 14.6. The van der Waals surface area contributed by atoms with E-state index >= 15 is 0 Å². The Bertz CT molecular complexity index is 928. The first-order valence-corrected chi connectivity index (χ1v) is 10.4. The van der Waals surface area contributed by atoms with Crippen LogP contribution in [0.5, 0.6) is 0 Å². The van der Waals surface area contributed by atoms with E-state index in [4.69, 9.17) is 4.42 Å². The number of nitrogens with one attached hydrogen (secondary N) is 1. The zero-order valence-corrected chi connectivity index (χ0v) is 16.7. The topological polar surface area (TPSA) is 82.9 Å². The predicted octanol–water partition coefficient (Wildman–Crippen LogP) is 2.69. The lowest BCUT2D eigenvalue weighted by Gasteiger charge is -2.14. The van der Waals surface area contributed by atoms with Crippen LogP contribution in [-0.2, 0) is 16.6 Å². The zero-order valence-electron chi connectivity index (χ0n) is 15.9. The van der Waals surface area contributed by atoms with E-state index in [1.165, 1.54) is 10.4 Å². The number of amides is 1. The van der Waals surface area contributed by atoms with E-state index < -0.39 is 15.9 Å². The number of anilines is 1.